The van der Waals surface area contributed by atoms with Gasteiger partial charge in [-0.1, -0.05) is 38.1 Å². The second kappa shape index (κ2) is 6.92. The third-order valence-corrected chi connectivity index (χ3v) is 2.90. The van der Waals surface area contributed by atoms with Crippen LogP contribution in [0.4, 0.5) is 0 Å². The van der Waals surface area contributed by atoms with Gasteiger partial charge in [0.2, 0.25) is 5.91 Å². The van der Waals surface area contributed by atoms with Gasteiger partial charge in [0.1, 0.15) is 5.92 Å². The minimum absolute atomic E-state index is 0.360. The van der Waals surface area contributed by atoms with Gasteiger partial charge in [0.15, 0.2) is 0 Å². The van der Waals surface area contributed by atoms with Crippen molar-refractivity contribution in [2.24, 2.45) is 11.8 Å². The van der Waals surface area contributed by atoms with E-state index < -0.39 is 17.8 Å². The number of aliphatic carboxylic acids is 1. The molecule has 0 bridgehead atoms. The van der Waals surface area contributed by atoms with Crippen molar-refractivity contribution in [2.45, 2.75) is 33.7 Å². The molecule has 1 aromatic rings. The van der Waals surface area contributed by atoms with Crippen LogP contribution in [0, 0.1) is 11.8 Å². The lowest BCUT2D eigenvalue weighted by Crippen LogP contribution is -2.33. The number of carbonyl (C=O) groups excluding carboxylic acids is 1. The molecule has 0 spiro atoms. The molecule has 0 aliphatic carbocycles. The molecule has 1 atom stereocenters. The molecule has 0 heterocycles. The number of hydrogen-bond acceptors (Lipinski definition) is 2. The quantitative estimate of drug-likeness (QED) is 0.773. The maximum Gasteiger partial charge on any atom is 0.315 e. The smallest absolute Gasteiger partial charge is 0.315 e. The number of carboxylic acids is 1. The van der Waals surface area contributed by atoms with Crippen molar-refractivity contribution in [3.63, 3.8) is 0 Å². The fourth-order valence-corrected chi connectivity index (χ4v) is 1.72. The van der Waals surface area contributed by atoms with Crippen LogP contribution in [0.1, 0.15) is 31.9 Å². The van der Waals surface area contributed by atoms with Crippen molar-refractivity contribution in [3.8, 4) is 0 Å². The first kappa shape index (κ1) is 15.2. The standard InChI is InChI=1S/C15H21NO3/c1-10(2)8-12-4-6-13(7-5-12)9-16-14(17)11(3)15(18)19/h4-7,10-11H,8-9H2,1-3H3,(H,16,17)(H,18,19). The van der Waals surface area contributed by atoms with E-state index in [2.05, 4.69) is 19.2 Å². The Morgan fingerprint density at radius 3 is 2.11 bits per heavy atom. The van der Waals surface area contributed by atoms with Crippen molar-refractivity contribution < 1.29 is 14.7 Å². The second-order valence-corrected chi connectivity index (χ2v) is 5.19. The number of hydrogen-bond donors (Lipinski definition) is 2. The Morgan fingerprint density at radius 2 is 1.63 bits per heavy atom. The molecule has 0 fully saturated rings. The van der Waals surface area contributed by atoms with Crippen molar-refractivity contribution in [1.82, 2.24) is 5.32 Å². The molecule has 1 rings (SSSR count). The Balaban J connectivity index is 2.50. The zero-order chi connectivity index (χ0) is 14.4. The van der Waals surface area contributed by atoms with Gasteiger partial charge in [0.25, 0.3) is 0 Å². The molecule has 0 aromatic heterocycles. The number of benzene rings is 1. The highest BCUT2D eigenvalue weighted by molar-refractivity contribution is 5.96. The van der Waals surface area contributed by atoms with E-state index in [9.17, 15) is 9.59 Å². The SMILES string of the molecule is CC(C)Cc1ccc(CNC(=O)C(C)C(=O)O)cc1. The summed E-state index contributed by atoms with van der Waals surface area (Å²) < 4.78 is 0. The molecule has 2 N–H and O–H groups in total. The minimum atomic E-state index is -1.11. The molecule has 1 unspecified atom stereocenters. The number of rotatable bonds is 6. The van der Waals surface area contributed by atoms with Crippen LogP contribution in [-0.2, 0) is 22.6 Å². The van der Waals surface area contributed by atoms with Gasteiger partial charge < -0.3 is 10.4 Å². The van der Waals surface area contributed by atoms with Crippen molar-refractivity contribution in [2.75, 3.05) is 0 Å². The fourth-order valence-electron chi connectivity index (χ4n) is 1.72. The summed E-state index contributed by atoms with van der Waals surface area (Å²) in [5.41, 5.74) is 2.24. The predicted octanol–water partition coefficient (Wildman–Crippen LogP) is 2.22. The van der Waals surface area contributed by atoms with E-state index in [1.165, 1.54) is 12.5 Å². The summed E-state index contributed by atoms with van der Waals surface area (Å²) in [6.45, 7) is 6.07. The molecular formula is C15H21NO3. The summed E-state index contributed by atoms with van der Waals surface area (Å²) in [6, 6.07) is 8.01. The molecule has 1 aromatic carbocycles. The zero-order valence-corrected chi connectivity index (χ0v) is 11.6. The summed E-state index contributed by atoms with van der Waals surface area (Å²) in [5.74, 6) is -1.97. The summed E-state index contributed by atoms with van der Waals surface area (Å²) >= 11 is 0. The normalized spacial score (nSPS) is 12.2. The van der Waals surface area contributed by atoms with Gasteiger partial charge in [-0.3, -0.25) is 9.59 Å². The molecule has 4 nitrogen and oxygen atoms in total. The highest BCUT2D eigenvalue weighted by Gasteiger charge is 2.19. The Hall–Kier alpha value is -1.84. The third-order valence-electron chi connectivity index (χ3n) is 2.90. The molecule has 0 radical (unpaired) electrons. The maximum atomic E-state index is 11.5. The lowest BCUT2D eigenvalue weighted by molar-refractivity contribution is -0.146. The Bertz CT molecular complexity index is 437. The van der Waals surface area contributed by atoms with Crippen molar-refractivity contribution >= 4 is 11.9 Å². The number of carbonyl (C=O) groups is 2. The largest absolute Gasteiger partial charge is 0.481 e. The Labute approximate surface area is 113 Å². The van der Waals surface area contributed by atoms with Crippen LogP contribution in [0.3, 0.4) is 0 Å². The number of carboxylic acid groups (broad SMARTS) is 1. The van der Waals surface area contributed by atoms with E-state index in [-0.39, 0.29) is 0 Å². The second-order valence-electron chi connectivity index (χ2n) is 5.19. The molecule has 0 aliphatic heterocycles. The van der Waals surface area contributed by atoms with Crippen LogP contribution in [0.2, 0.25) is 0 Å². The summed E-state index contributed by atoms with van der Waals surface area (Å²) in [6.07, 6.45) is 1.03. The summed E-state index contributed by atoms with van der Waals surface area (Å²) in [4.78, 5) is 22.1. The van der Waals surface area contributed by atoms with Gasteiger partial charge in [-0.05, 0) is 30.4 Å². The van der Waals surface area contributed by atoms with E-state index in [0.29, 0.717) is 12.5 Å². The van der Waals surface area contributed by atoms with Crippen LogP contribution in [0.15, 0.2) is 24.3 Å². The first-order chi connectivity index (χ1) is 8.90. The highest BCUT2D eigenvalue weighted by atomic mass is 16.4. The Morgan fingerprint density at radius 1 is 1.11 bits per heavy atom. The van der Waals surface area contributed by atoms with Crippen molar-refractivity contribution in [1.29, 1.82) is 0 Å². The average Bonchev–Trinajstić information content (AvgIpc) is 2.35. The Kier molecular flexibility index (Phi) is 5.55. The first-order valence-corrected chi connectivity index (χ1v) is 6.48. The topological polar surface area (TPSA) is 66.4 Å². The molecule has 0 saturated carbocycles. The van der Waals surface area contributed by atoms with E-state index >= 15 is 0 Å². The molecular weight excluding hydrogens is 242 g/mol. The highest BCUT2D eigenvalue weighted by Crippen LogP contribution is 2.09. The van der Waals surface area contributed by atoms with Gasteiger partial charge in [-0.25, -0.2) is 0 Å². The maximum absolute atomic E-state index is 11.5. The van der Waals surface area contributed by atoms with Gasteiger partial charge in [-0.15, -0.1) is 0 Å². The molecule has 4 heteroatoms. The third kappa shape index (κ3) is 5.12. The molecule has 19 heavy (non-hydrogen) atoms. The van der Waals surface area contributed by atoms with Gasteiger partial charge >= 0.3 is 5.97 Å². The number of nitrogens with one attached hydrogen (secondary N) is 1. The fraction of sp³-hybridized carbons (Fsp3) is 0.467. The van der Waals surface area contributed by atoms with Crippen LogP contribution in [-0.4, -0.2) is 17.0 Å². The number of amides is 1. The lowest BCUT2D eigenvalue weighted by Gasteiger charge is -2.09. The van der Waals surface area contributed by atoms with Gasteiger partial charge in [0, 0.05) is 6.54 Å². The van der Waals surface area contributed by atoms with Crippen LogP contribution < -0.4 is 5.32 Å². The van der Waals surface area contributed by atoms with Crippen LogP contribution in [0.5, 0.6) is 0 Å². The van der Waals surface area contributed by atoms with Gasteiger partial charge in [-0.2, -0.15) is 0 Å². The zero-order valence-electron chi connectivity index (χ0n) is 11.6. The van der Waals surface area contributed by atoms with Crippen LogP contribution in [0.25, 0.3) is 0 Å². The first-order valence-electron chi connectivity index (χ1n) is 6.48. The van der Waals surface area contributed by atoms with E-state index in [4.69, 9.17) is 5.11 Å². The predicted molar refractivity (Wildman–Crippen MR) is 73.6 cm³/mol. The van der Waals surface area contributed by atoms with Crippen LogP contribution >= 0.6 is 0 Å². The molecule has 1 amide bonds. The summed E-state index contributed by atoms with van der Waals surface area (Å²) in [7, 11) is 0. The van der Waals surface area contributed by atoms with E-state index in [1.54, 1.807) is 0 Å². The average molecular weight is 263 g/mol. The van der Waals surface area contributed by atoms with E-state index in [0.717, 1.165) is 12.0 Å². The summed E-state index contributed by atoms with van der Waals surface area (Å²) in [5, 5.41) is 11.3. The monoisotopic (exact) mass is 263 g/mol. The molecule has 0 aliphatic rings. The van der Waals surface area contributed by atoms with Gasteiger partial charge in [0.05, 0.1) is 0 Å². The lowest BCUT2D eigenvalue weighted by atomic mass is 10.0. The molecule has 104 valence electrons. The van der Waals surface area contributed by atoms with Crippen molar-refractivity contribution in [3.05, 3.63) is 35.4 Å². The minimum Gasteiger partial charge on any atom is -0.481 e. The molecule has 0 saturated heterocycles. The van der Waals surface area contributed by atoms with E-state index in [1.807, 2.05) is 24.3 Å².